The molecule has 1 unspecified atom stereocenters. The summed E-state index contributed by atoms with van der Waals surface area (Å²) in [5, 5.41) is 0. The van der Waals surface area contributed by atoms with Crippen LogP contribution in [0.3, 0.4) is 0 Å². The van der Waals surface area contributed by atoms with Crippen LogP contribution in [-0.4, -0.2) is 31.6 Å². The van der Waals surface area contributed by atoms with Crippen LogP contribution in [-0.2, 0) is 0 Å². The Kier molecular flexibility index (Phi) is 5.49. The zero-order chi connectivity index (χ0) is 10.4. The van der Waals surface area contributed by atoms with Crippen molar-refractivity contribution in [1.29, 1.82) is 0 Å². The largest absolute Gasteiger partial charge is 0.327 e. The Bertz CT molecular complexity index is 139. The first-order chi connectivity index (χ1) is 6.70. The van der Waals surface area contributed by atoms with Gasteiger partial charge in [-0.25, -0.2) is 0 Å². The molecule has 84 valence electrons. The molecular weight excluding hydrogens is 172 g/mol. The number of hydrogen-bond acceptors (Lipinski definition) is 2. The van der Waals surface area contributed by atoms with E-state index in [0.717, 1.165) is 5.92 Å². The van der Waals surface area contributed by atoms with Gasteiger partial charge in [-0.3, -0.25) is 0 Å². The molecule has 1 saturated carbocycles. The lowest BCUT2D eigenvalue weighted by molar-refractivity contribution is 0.282. The lowest BCUT2D eigenvalue weighted by atomic mass is 9.83. The van der Waals surface area contributed by atoms with E-state index in [1.807, 2.05) is 0 Å². The fraction of sp³-hybridized carbons (Fsp3) is 1.00. The third-order valence-electron chi connectivity index (χ3n) is 3.40. The van der Waals surface area contributed by atoms with Crippen LogP contribution in [0.2, 0.25) is 0 Å². The molecule has 0 aromatic rings. The van der Waals surface area contributed by atoms with Crippen LogP contribution in [0.4, 0.5) is 0 Å². The van der Waals surface area contributed by atoms with Crippen LogP contribution in [0, 0.1) is 5.92 Å². The van der Waals surface area contributed by atoms with Crippen molar-refractivity contribution in [3.63, 3.8) is 0 Å². The van der Waals surface area contributed by atoms with Gasteiger partial charge < -0.3 is 10.6 Å². The van der Waals surface area contributed by atoms with Gasteiger partial charge in [0.1, 0.15) is 0 Å². The molecule has 1 fully saturated rings. The summed E-state index contributed by atoms with van der Waals surface area (Å²) in [6.07, 6.45) is 9.47. The van der Waals surface area contributed by atoms with E-state index in [0.29, 0.717) is 6.04 Å². The predicted molar refractivity (Wildman–Crippen MR) is 62.3 cm³/mol. The molecule has 2 nitrogen and oxygen atoms in total. The lowest BCUT2D eigenvalue weighted by Gasteiger charge is -2.27. The van der Waals surface area contributed by atoms with Gasteiger partial charge in [0.15, 0.2) is 0 Å². The molecule has 0 aromatic heterocycles. The molecule has 0 radical (unpaired) electrons. The van der Waals surface area contributed by atoms with Gasteiger partial charge >= 0.3 is 0 Å². The molecule has 0 aromatic carbocycles. The highest BCUT2D eigenvalue weighted by Crippen LogP contribution is 2.27. The number of nitrogens with zero attached hydrogens (tertiary/aromatic N) is 1. The molecule has 2 N–H and O–H groups in total. The van der Waals surface area contributed by atoms with Crippen LogP contribution < -0.4 is 5.73 Å². The van der Waals surface area contributed by atoms with E-state index in [1.165, 1.54) is 51.5 Å². The van der Waals surface area contributed by atoms with Gasteiger partial charge in [-0.2, -0.15) is 0 Å². The van der Waals surface area contributed by atoms with Crippen LogP contribution in [0.15, 0.2) is 0 Å². The first kappa shape index (κ1) is 12.0. The second-order valence-electron chi connectivity index (χ2n) is 5.01. The number of rotatable bonds is 5. The normalized spacial score (nSPS) is 21.4. The molecule has 2 heteroatoms. The van der Waals surface area contributed by atoms with Gasteiger partial charge in [-0.15, -0.1) is 0 Å². The first-order valence-electron chi connectivity index (χ1n) is 6.10. The maximum atomic E-state index is 6.22. The van der Waals surface area contributed by atoms with E-state index in [2.05, 4.69) is 19.0 Å². The molecule has 1 atom stereocenters. The second kappa shape index (κ2) is 6.41. The summed E-state index contributed by atoms with van der Waals surface area (Å²) >= 11 is 0. The maximum absolute atomic E-state index is 6.22. The average Bonchev–Trinajstić information content (AvgIpc) is 2.18. The van der Waals surface area contributed by atoms with E-state index in [1.54, 1.807) is 0 Å². The molecule has 0 amide bonds. The minimum Gasteiger partial charge on any atom is -0.327 e. The quantitative estimate of drug-likeness (QED) is 0.734. The van der Waals surface area contributed by atoms with E-state index < -0.39 is 0 Å². The Morgan fingerprint density at radius 1 is 1.21 bits per heavy atom. The standard InChI is InChI=1S/C12H26N2/c1-14(2)10-6-9-12(13)11-7-4-3-5-8-11/h11-12H,3-10,13H2,1-2H3. The fourth-order valence-electron chi connectivity index (χ4n) is 2.44. The van der Waals surface area contributed by atoms with E-state index in [-0.39, 0.29) is 0 Å². The summed E-state index contributed by atoms with van der Waals surface area (Å²) in [5.74, 6) is 0.825. The second-order valence-corrected chi connectivity index (χ2v) is 5.01. The van der Waals surface area contributed by atoms with E-state index >= 15 is 0 Å². The van der Waals surface area contributed by atoms with E-state index in [4.69, 9.17) is 5.73 Å². The molecule has 0 saturated heterocycles. The van der Waals surface area contributed by atoms with E-state index in [9.17, 15) is 0 Å². The van der Waals surface area contributed by atoms with Crippen LogP contribution in [0.25, 0.3) is 0 Å². The zero-order valence-electron chi connectivity index (χ0n) is 9.84. The topological polar surface area (TPSA) is 29.3 Å². The van der Waals surface area contributed by atoms with Gasteiger partial charge in [-0.05, 0) is 52.2 Å². The minimum atomic E-state index is 0.468. The monoisotopic (exact) mass is 198 g/mol. The smallest absolute Gasteiger partial charge is 0.00676 e. The Balaban J connectivity index is 2.10. The molecule has 14 heavy (non-hydrogen) atoms. The summed E-state index contributed by atoms with van der Waals surface area (Å²) < 4.78 is 0. The SMILES string of the molecule is CN(C)CCCC(N)C1CCCCC1. The Morgan fingerprint density at radius 2 is 1.86 bits per heavy atom. The molecular formula is C12H26N2. The summed E-state index contributed by atoms with van der Waals surface area (Å²) in [4.78, 5) is 2.24. The van der Waals surface area contributed by atoms with Gasteiger partial charge in [0.25, 0.3) is 0 Å². The summed E-state index contributed by atoms with van der Waals surface area (Å²) in [7, 11) is 4.26. The van der Waals surface area contributed by atoms with Gasteiger partial charge in [0, 0.05) is 6.04 Å². The summed E-state index contributed by atoms with van der Waals surface area (Å²) in [5.41, 5.74) is 6.22. The molecule has 1 rings (SSSR count). The van der Waals surface area contributed by atoms with Crippen molar-refractivity contribution in [3.05, 3.63) is 0 Å². The Morgan fingerprint density at radius 3 is 2.43 bits per heavy atom. The summed E-state index contributed by atoms with van der Waals surface area (Å²) in [6, 6.07) is 0.468. The van der Waals surface area contributed by atoms with Crippen molar-refractivity contribution in [2.75, 3.05) is 20.6 Å². The van der Waals surface area contributed by atoms with Crippen molar-refractivity contribution in [2.24, 2.45) is 11.7 Å². The van der Waals surface area contributed by atoms with Crippen molar-refractivity contribution in [2.45, 2.75) is 51.0 Å². The molecule has 0 heterocycles. The summed E-state index contributed by atoms with van der Waals surface area (Å²) in [6.45, 7) is 1.18. The lowest BCUT2D eigenvalue weighted by Crippen LogP contribution is -2.32. The maximum Gasteiger partial charge on any atom is 0.00676 e. The van der Waals surface area contributed by atoms with Crippen LogP contribution in [0.1, 0.15) is 44.9 Å². The molecule has 0 bridgehead atoms. The van der Waals surface area contributed by atoms with Crippen LogP contribution >= 0.6 is 0 Å². The Hall–Kier alpha value is -0.0800. The van der Waals surface area contributed by atoms with Crippen molar-refractivity contribution >= 4 is 0 Å². The third kappa shape index (κ3) is 4.43. The highest BCUT2D eigenvalue weighted by atomic mass is 15.0. The minimum absolute atomic E-state index is 0.468. The molecule has 0 spiro atoms. The van der Waals surface area contributed by atoms with Gasteiger partial charge in [0.05, 0.1) is 0 Å². The predicted octanol–water partition coefficient (Wildman–Crippen LogP) is 2.24. The molecule has 1 aliphatic rings. The number of hydrogen-bond donors (Lipinski definition) is 1. The van der Waals surface area contributed by atoms with Crippen molar-refractivity contribution < 1.29 is 0 Å². The average molecular weight is 198 g/mol. The highest BCUT2D eigenvalue weighted by molar-refractivity contribution is 4.76. The molecule has 0 aliphatic heterocycles. The van der Waals surface area contributed by atoms with Crippen LogP contribution in [0.5, 0.6) is 0 Å². The fourth-order valence-corrected chi connectivity index (χ4v) is 2.44. The highest BCUT2D eigenvalue weighted by Gasteiger charge is 2.19. The zero-order valence-corrected chi connectivity index (χ0v) is 9.84. The van der Waals surface area contributed by atoms with Gasteiger partial charge in [-0.1, -0.05) is 19.3 Å². The number of nitrogens with two attached hydrogens (primary N) is 1. The van der Waals surface area contributed by atoms with Crippen molar-refractivity contribution in [1.82, 2.24) is 4.90 Å². The van der Waals surface area contributed by atoms with Gasteiger partial charge in [0.2, 0.25) is 0 Å². The van der Waals surface area contributed by atoms with Crippen molar-refractivity contribution in [3.8, 4) is 0 Å². The molecule has 1 aliphatic carbocycles. The first-order valence-corrected chi connectivity index (χ1v) is 6.10. The third-order valence-corrected chi connectivity index (χ3v) is 3.40. The Labute approximate surface area is 88.8 Å².